The van der Waals surface area contributed by atoms with Crippen LogP contribution in [0, 0.1) is 0 Å². The molecule has 0 aliphatic rings. The molecule has 0 atom stereocenters. The van der Waals surface area contributed by atoms with Gasteiger partial charge in [0, 0.05) is 7.05 Å². The first-order valence-corrected chi connectivity index (χ1v) is 5.06. The van der Waals surface area contributed by atoms with E-state index in [4.69, 9.17) is 11.6 Å². The summed E-state index contributed by atoms with van der Waals surface area (Å²) in [4.78, 5) is 0. The van der Waals surface area contributed by atoms with Crippen LogP contribution < -0.4 is 0 Å². The fourth-order valence-electron chi connectivity index (χ4n) is 0.984. The molecule has 1 aromatic rings. The van der Waals surface area contributed by atoms with Crippen molar-refractivity contribution in [2.45, 2.75) is 18.4 Å². The molecule has 62 valence electrons. The van der Waals surface area contributed by atoms with Gasteiger partial charge in [0.1, 0.15) is 5.03 Å². The van der Waals surface area contributed by atoms with Crippen molar-refractivity contribution in [3.63, 3.8) is 0 Å². The van der Waals surface area contributed by atoms with Crippen molar-refractivity contribution in [1.82, 2.24) is 9.78 Å². The number of hydrogen-bond donors (Lipinski definition) is 0. The zero-order chi connectivity index (χ0) is 8.43. The molecule has 4 heteroatoms. The minimum atomic E-state index is 0.808. The normalized spacial score (nSPS) is 10.5. The van der Waals surface area contributed by atoms with Gasteiger partial charge in [0.05, 0.1) is 10.7 Å². The standard InChI is InChI=1S/C7H11ClN2S/c1-4-5-6(8)7(11-3)10(2)9-5/h4H2,1-3H3. The molecule has 0 N–H and O–H groups in total. The third-order valence-corrected chi connectivity index (χ3v) is 2.90. The lowest BCUT2D eigenvalue weighted by Gasteiger charge is -1.94. The van der Waals surface area contributed by atoms with Crippen molar-refractivity contribution >= 4 is 23.4 Å². The maximum Gasteiger partial charge on any atom is 0.112 e. The summed E-state index contributed by atoms with van der Waals surface area (Å²) in [5.74, 6) is 0. The van der Waals surface area contributed by atoms with E-state index in [2.05, 4.69) is 12.0 Å². The Labute approximate surface area is 75.9 Å². The van der Waals surface area contributed by atoms with Gasteiger partial charge >= 0.3 is 0 Å². The number of aryl methyl sites for hydroxylation is 2. The Kier molecular flexibility index (Phi) is 2.84. The van der Waals surface area contributed by atoms with E-state index in [-0.39, 0.29) is 0 Å². The van der Waals surface area contributed by atoms with Crippen LogP contribution >= 0.6 is 23.4 Å². The first-order valence-electron chi connectivity index (χ1n) is 3.46. The van der Waals surface area contributed by atoms with Crippen LogP contribution in [0.3, 0.4) is 0 Å². The SMILES string of the molecule is CCc1nn(C)c(SC)c1Cl. The van der Waals surface area contributed by atoms with E-state index in [9.17, 15) is 0 Å². The second-order valence-electron chi connectivity index (χ2n) is 2.25. The fraction of sp³-hybridized carbons (Fsp3) is 0.571. The zero-order valence-corrected chi connectivity index (χ0v) is 8.46. The van der Waals surface area contributed by atoms with Gasteiger partial charge in [0.2, 0.25) is 0 Å². The third kappa shape index (κ3) is 1.54. The number of halogens is 1. The summed E-state index contributed by atoms with van der Waals surface area (Å²) < 4.78 is 1.83. The molecule has 0 amide bonds. The van der Waals surface area contributed by atoms with Crippen LogP contribution in [0.1, 0.15) is 12.6 Å². The molecule has 0 saturated heterocycles. The molecule has 1 heterocycles. The summed E-state index contributed by atoms with van der Waals surface area (Å²) in [6, 6.07) is 0. The van der Waals surface area contributed by atoms with E-state index in [0.29, 0.717) is 0 Å². The second-order valence-corrected chi connectivity index (χ2v) is 3.42. The van der Waals surface area contributed by atoms with Crippen molar-refractivity contribution in [3.05, 3.63) is 10.7 Å². The van der Waals surface area contributed by atoms with Gasteiger partial charge in [-0.3, -0.25) is 4.68 Å². The summed E-state index contributed by atoms with van der Waals surface area (Å²) in [7, 11) is 1.91. The highest BCUT2D eigenvalue weighted by atomic mass is 35.5. The lowest BCUT2D eigenvalue weighted by molar-refractivity contribution is 0.687. The summed E-state index contributed by atoms with van der Waals surface area (Å²) in [5.41, 5.74) is 0.985. The highest BCUT2D eigenvalue weighted by Crippen LogP contribution is 2.27. The molecule has 2 nitrogen and oxygen atoms in total. The minimum absolute atomic E-state index is 0.808. The van der Waals surface area contributed by atoms with Crippen LogP contribution in [-0.4, -0.2) is 16.0 Å². The van der Waals surface area contributed by atoms with Gasteiger partial charge in [-0.2, -0.15) is 5.10 Å². The topological polar surface area (TPSA) is 17.8 Å². The van der Waals surface area contributed by atoms with Gasteiger partial charge in [-0.1, -0.05) is 18.5 Å². The number of nitrogens with zero attached hydrogens (tertiary/aromatic N) is 2. The van der Waals surface area contributed by atoms with E-state index in [0.717, 1.165) is 22.2 Å². The molecule has 0 radical (unpaired) electrons. The van der Waals surface area contributed by atoms with Gasteiger partial charge in [-0.15, -0.1) is 11.8 Å². The predicted octanol–water partition coefficient (Wildman–Crippen LogP) is 2.36. The quantitative estimate of drug-likeness (QED) is 0.667. The smallest absolute Gasteiger partial charge is 0.112 e. The summed E-state index contributed by atoms with van der Waals surface area (Å²) in [6.07, 6.45) is 2.90. The van der Waals surface area contributed by atoms with E-state index in [1.54, 1.807) is 11.8 Å². The van der Waals surface area contributed by atoms with Gasteiger partial charge in [0.15, 0.2) is 0 Å². The Morgan fingerprint density at radius 2 is 2.27 bits per heavy atom. The molecule has 0 spiro atoms. The largest absolute Gasteiger partial charge is 0.260 e. The van der Waals surface area contributed by atoms with Crippen molar-refractivity contribution < 1.29 is 0 Å². The Morgan fingerprint density at radius 1 is 1.64 bits per heavy atom. The summed E-state index contributed by atoms with van der Waals surface area (Å²) in [6.45, 7) is 2.05. The molecule has 0 unspecified atom stereocenters. The molecule has 0 bridgehead atoms. The van der Waals surface area contributed by atoms with Crippen LogP contribution in [0.4, 0.5) is 0 Å². The Hall–Kier alpha value is -0.150. The number of hydrogen-bond acceptors (Lipinski definition) is 2. The first kappa shape index (κ1) is 8.94. The molecule has 1 aromatic heterocycles. The van der Waals surface area contributed by atoms with Gasteiger partial charge in [-0.05, 0) is 12.7 Å². The van der Waals surface area contributed by atoms with Crippen LogP contribution in [-0.2, 0) is 13.5 Å². The molecule has 0 saturated carbocycles. The lowest BCUT2D eigenvalue weighted by atomic mass is 10.3. The zero-order valence-electron chi connectivity index (χ0n) is 6.89. The van der Waals surface area contributed by atoms with E-state index < -0.39 is 0 Å². The van der Waals surface area contributed by atoms with E-state index in [1.807, 2.05) is 18.0 Å². The molecular formula is C7H11ClN2S. The number of aromatic nitrogens is 2. The van der Waals surface area contributed by atoms with Gasteiger partial charge in [0.25, 0.3) is 0 Å². The molecule has 0 fully saturated rings. The summed E-state index contributed by atoms with van der Waals surface area (Å²) in [5, 5.41) is 6.12. The predicted molar refractivity (Wildman–Crippen MR) is 49.4 cm³/mol. The highest BCUT2D eigenvalue weighted by Gasteiger charge is 2.10. The van der Waals surface area contributed by atoms with Crippen LogP contribution in [0.15, 0.2) is 5.03 Å². The van der Waals surface area contributed by atoms with E-state index >= 15 is 0 Å². The maximum absolute atomic E-state index is 6.03. The van der Waals surface area contributed by atoms with Crippen LogP contribution in [0.5, 0.6) is 0 Å². The van der Waals surface area contributed by atoms with Crippen molar-refractivity contribution in [3.8, 4) is 0 Å². The van der Waals surface area contributed by atoms with E-state index in [1.165, 1.54) is 0 Å². The molecular weight excluding hydrogens is 180 g/mol. The molecule has 0 aliphatic heterocycles. The van der Waals surface area contributed by atoms with Crippen molar-refractivity contribution in [1.29, 1.82) is 0 Å². The minimum Gasteiger partial charge on any atom is -0.260 e. The second kappa shape index (κ2) is 3.50. The Bertz CT molecular complexity index is 257. The van der Waals surface area contributed by atoms with Crippen LogP contribution in [0.25, 0.3) is 0 Å². The lowest BCUT2D eigenvalue weighted by Crippen LogP contribution is -1.92. The molecule has 0 aromatic carbocycles. The van der Waals surface area contributed by atoms with Crippen molar-refractivity contribution in [2.24, 2.45) is 7.05 Å². The van der Waals surface area contributed by atoms with Crippen LogP contribution in [0.2, 0.25) is 5.02 Å². The number of thioether (sulfide) groups is 1. The first-order chi connectivity index (χ1) is 5.20. The molecule has 0 aliphatic carbocycles. The highest BCUT2D eigenvalue weighted by molar-refractivity contribution is 7.98. The third-order valence-electron chi connectivity index (χ3n) is 1.53. The van der Waals surface area contributed by atoms with Gasteiger partial charge in [-0.25, -0.2) is 0 Å². The molecule has 1 rings (SSSR count). The molecule has 11 heavy (non-hydrogen) atoms. The van der Waals surface area contributed by atoms with Gasteiger partial charge < -0.3 is 0 Å². The Balaban J connectivity index is 3.14. The summed E-state index contributed by atoms with van der Waals surface area (Å²) >= 11 is 7.65. The monoisotopic (exact) mass is 190 g/mol. The number of rotatable bonds is 2. The maximum atomic E-state index is 6.03. The fourth-order valence-corrected chi connectivity index (χ4v) is 2.11. The van der Waals surface area contributed by atoms with Crippen molar-refractivity contribution in [2.75, 3.05) is 6.26 Å². The Morgan fingerprint density at radius 3 is 2.55 bits per heavy atom. The average Bonchev–Trinajstić information content (AvgIpc) is 2.26. The average molecular weight is 191 g/mol.